The van der Waals surface area contributed by atoms with Crippen molar-refractivity contribution in [2.45, 2.75) is 0 Å². The Hall–Kier alpha value is -1.11. The Morgan fingerprint density at radius 3 is 2.13 bits per heavy atom. The summed E-state index contributed by atoms with van der Waals surface area (Å²) in [6.07, 6.45) is 0. The number of hydrogen-bond acceptors (Lipinski definition) is 4. The van der Waals surface area contributed by atoms with Crippen LogP contribution < -0.4 is 9.47 Å². The van der Waals surface area contributed by atoms with Crippen molar-refractivity contribution in [3.8, 4) is 11.5 Å². The number of methoxy groups -OCH3 is 2. The first-order chi connectivity index (χ1) is 6.76. The maximum Gasteiger partial charge on any atom is 0.343 e. The number of esters is 1. The van der Waals surface area contributed by atoms with E-state index < -0.39 is 5.97 Å². The van der Waals surface area contributed by atoms with E-state index in [9.17, 15) is 4.79 Å². The Morgan fingerprint density at radius 1 is 1.13 bits per heavy atom. The number of ether oxygens (including phenoxy) is 3. The van der Waals surface area contributed by atoms with Gasteiger partial charge in [0, 0.05) is 18.9 Å². The SMILES string of the molecule is COC(=O)COc1ccc(OC)cc1.[Li]. The molecule has 0 saturated heterocycles. The van der Waals surface area contributed by atoms with Crippen LogP contribution in [-0.2, 0) is 9.53 Å². The minimum atomic E-state index is -0.402. The van der Waals surface area contributed by atoms with E-state index in [1.807, 2.05) is 0 Å². The van der Waals surface area contributed by atoms with Crippen LogP contribution in [0.15, 0.2) is 24.3 Å². The number of carbonyl (C=O) groups excluding carboxylic acids is 1. The second-order valence-electron chi connectivity index (χ2n) is 2.54. The van der Waals surface area contributed by atoms with Gasteiger partial charge in [0.15, 0.2) is 6.61 Å². The Labute approximate surface area is 101 Å². The molecule has 0 heterocycles. The maximum absolute atomic E-state index is 10.7. The molecule has 4 nitrogen and oxygen atoms in total. The summed E-state index contributed by atoms with van der Waals surface area (Å²) in [7, 11) is 2.91. The van der Waals surface area contributed by atoms with E-state index in [0.717, 1.165) is 5.75 Å². The van der Waals surface area contributed by atoms with Crippen molar-refractivity contribution in [1.29, 1.82) is 0 Å². The number of carbonyl (C=O) groups is 1. The van der Waals surface area contributed by atoms with Gasteiger partial charge in [-0.2, -0.15) is 0 Å². The summed E-state index contributed by atoms with van der Waals surface area (Å²) >= 11 is 0. The standard InChI is InChI=1S/C10H12O4.Li/c1-12-8-3-5-9(6-4-8)14-7-10(11)13-2;/h3-6H,7H2,1-2H3;. The van der Waals surface area contributed by atoms with Crippen molar-refractivity contribution in [2.75, 3.05) is 20.8 Å². The third kappa shape index (κ3) is 4.77. The van der Waals surface area contributed by atoms with Gasteiger partial charge in [-0.25, -0.2) is 4.79 Å². The Balaban J connectivity index is 0.00000196. The Kier molecular flexibility index (Phi) is 6.68. The van der Waals surface area contributed by atoms with Gasteiger partial charge < -0.3 is 14.2 Å². The van der Waals surface area contributed by atoms with Gasteiger partial charge in [0.1, 0.15) is 11.5 Å². The maximum atomic E-state index is 10.7. The molecule has 77 valence electrons. The van der Waals surface area contributed by atoms with Crippen molar-refractivity contribution < 1.29 is 19.0 Å². The molecule has 0 atom stereocenters. The molecule has 0 aliphatic rings. The van der Waals surface area contributed by atoms with Crippen molar-refractivity contribution in [1.82, 2.24) is 0 Å². The average molecular weight is 203 g/mol. The van der Waals surface area contributed by atoms with Crippen LogP contribution in [0.4, 0.5) is 0 Å². The van der Waals surface area contributed by atoms with Crippen LogP contribution >= 0.6 is 0 Å². The summed E-state index contributed by atoms with van der Waals surface area (Å²) in [5, 5.41) is 0. The zero-order chi connectivity index (χ0) is 10.4. The zero-order valence-electron chi connectivity index (χ0n) is 9.15. The molecule has 1 aromatic carbocycles. The Morgan fingerprint density at radius 2 is 1.67 bits per heavy atom. The molecular weight excluding hydrogens is 191 g/mol. The molecule has 0 bridgehead atoms. The van der Waals surface area contributed by atoms with Gasteiger partial charge in [-0.3, -0.25) is 0 Å². The summed E-state index contributed by atoms with van der Waals surface area (Å²) in [5.41, 5.74) is 0. The Bertz CT molecular complexity index is 297. The molecule has 0 fully saturated rings. The fourth-order valence-electron chi connectivity index (χ4n) is 0.873. The molecule has 0 aliphatic heterocycles. The summed E-state index contributed by atoms with van der Waals surface area (Å²) in [6, 6.07) is 6.96. The summed E-state index contributed by atoms with van der Waals surface area (Å²) in [4.78, 5) is 10.7. The number of rotatable bonds is 4. The van der Waals surface area contributed by atoms with Gasteiger partial charge in [-0.05, 0) is 24.3 Å². The smallest absolute Gasteiger partial charge is 0.343 e. The minimum Gasteiger partial charge on any atom is -0.497 e. The van der Waals surface area contributed by atoms with Crippen LogP contribution in [0.1, 0.15) is 0 Å². The predicted molar refractivity (Wildman–Crippen MR) is 56.3 cm³/mol. The quantitative estimate of drug-likeness (QED) is 0.538. The second-order valence-corrected chi connectivity index (χ2v) is 2.54. The molecule has 0 aromatic heterocycles. The molecule has 15 heavy (non-hydrogen) atoms. The first kappa shape index (κ1) is 13.9. The van der Waals surface area contributed by atoms with Gasteiger partial charge in [0.05, 0.1) is 14.2 Å². The van der Waals surface area contributed by atoms with Gasteiger partial charge >= 0.3 is 5.97 Å². The topological polar surface area (TPSA) is 44.8 Å². The first-order valence-corrected chi connectivity index (χ1v) is 4.10. The minimum absolute atomic E-state index is 0. The van der Waals surface area contributed by atoms with Crippen LogP contribution in [0.5, 0.6) is 11.5 Å². The van der Waals surface area contributed by atoms with Gasteiger partial charge in [-0.15, -0.1) is 0 Å². The van der Waals surface area contributed by atoms with E-state index in [1.54, 1.807) is 31.4 Å². The molecule has 0 amide bonds. The third-order valence-corrected chi connectivity index (χ3v) is 1.64. The molecule has 5 heteroatoms. The summed E-state index contributed by atoms with van der Waals surface area (Å²) in [6.45, 7) is -0.0805. The van der Waals surface area contributed by atoms with E-state index in [2.05, 4.69) is 4.74 Å². The van der Waals surface area contributed by atoms with Crippen molar-refractivity contribution in [3.63, 3.8) is 0 Å². The van der Waals surface area contributed by atoms with Gasteiger partial charge in [-0.1, -0.05) is 0 Å². The van der Waals surface area contributed by atoms with Crippen molar-refractivity contribution >= 4 is 24.8 Å². The molecule has 1 aromatic rings. The summed E-state index contributed by atoms with van der Waals surface area (Å²) < 4.78 is 14.5. The molecule has 0 unspecified atom stereocenters. The van der Waals surface area contributed by atoms with Gasteiger partial charge in [0.2, 0.25) is 0 Å². The van der Waals surface area contributed by atoms with Gasteiger partial charge in [0.25, 0.3) is 0 Å². The monoisotopic (exact) mass is 203 g/mol. The normalized spacial score (nSPS) is 8.67. The predicted octanol–water partition coefficient (Wildman–Crippen LogP) is 0.866. The van der Waals surface area contributed by atoms with E-state index in [4.69, 9.17) is 9.47 Å². The van der Waals surface area contributed by atoms with Crippen LogP contribution in [0.3, 0.4) is 0 Å². The number of benzene rings is 1. The zero-order valence-corrected chi connectivity index (χ0v) is 9.15. The number of hydrogen-bond donors (Lipinski definition) is 0. The van der Waals surface area contributed by atoms with E-state index in [1.165, 1.54) is 7.11 Å². The molecule has 0 spiro atoms. The second kappa shape index (κ2) is 7.21. The molecular formula is C10H12LiO4. The van der Waals surface area contributed by atoms with Crippen molar-refractivity contribution in [2.24, 2.45) is 0 Å². The molecule has 0 aliphatic carbocycles. The van der Waals surface area contributed by atoms with Crippen LogP contribution in [0.25, 0.3) is 0 Å². The van der Waals surface area contributed by atoms with Crippen LogP contribution in [-0.4, -0.2) is 45.7 Å². The molecule has 0 saturated carbocycles. The van der Waals surface area contributed by atoms with Crippen LogP contribution in [0.2, 0.25) is 0 Å². The van der Waals surface area contributed by atoms with Crippen molar-refractivity contribution in [3.05, 3.63) is 24.3 Å². The van der Waals surface area contributed by atoms with E-state index in [0.29, 0.717) is 5.75 Å². The van der Waals surface area contributed by atoms with E-state index >= 15 is 0 Å². The average Bonchev–Trinajstić information content (AvgIpc) is 2.26. The first-order valence-electron chi connectivity index (χ1n) is 4.10. The van der Waals surface area contributed by atoms with E-state index in [-0.39, 0.29) is 25.5 Å². The molecule has 0 N–H and O–H groups in total. The fourth-order valence-corrected chi connectivity index (χ4v) is 0.873. The van der Waals surface area contributed by atoms with Crippen LogP contribution in [0, 0.1) is 0 Å². The fraction of sp³-hybridized carbons (Fsp3) is 0.300. The summed E-state index contributed by atoms with van der Waals surface area (Å²) in [5.74, 6) is 0.951. The largest absolute Gasteiger partial charge is 0.497 e. The third-order valence-electron chi connectivity index (χ3n) is 1.64. The molecule has 1 radical (unpaired) electrons. The molecule has 1 rings (SSSR count).